The van der Waals surface area contributed by atoms with Gasteiger partial charge in [-0.2, -0.15) is 0 Å². The van der Waals surface area contributed by atoms with E-state index in [9.17, 15) is 0 Å². The minimum absolute atomic E-state index is 0.999. The minimum atomic E-state index is 0.999. The van der Waals surface area contributed by atoms with Crippen LogP contribution in [0, 0.1) is 0 Å². The molecule has 0 aromatic rings. The highest BCUT2D eigenvalue weighted by Crippen LogP contribution is 2.19. The Balaban J connectivity index is 0. The molecule has 0 N–H and O–H groups in total. The summed E-state index contributed by atoms with van der Waals surface area (Å²) in [6.45, 7) is 15.7. The molecule has 0 atom stereocenters. The van der Waals surface area contributed by atoms with E-state index < -0.39 is 0 Å². The van der Waals surface area contributed by atoms with Crippen molar-refractivity contribution in [3.05, 3.63) is 36.5 Å². The number of allylic oxidation sites excluding steroid dienone is 4. The first-order valence-corrected chi connectivity index (χ1v) is 4.81. The molecule has 12 heavy (non-hydrogen) atoms. The predicted octanol–water partition coefficient (Wildman–Crippen LogP) is 4.50. The van der Waals surface area contributed by atoms with Crippen LogP contribution in [0.15, 0.2) is 36.5 Å². The summed E-state index contributed by atoms with van der Waals surface area (Å²) in [5.74, 6) is 0. The Kier molecular flexibility index (Phi) is 11.7. The molecular formula is C12H22. The van der Waals surface area contributed by atoms with Crippen molar-refractivity contribution in [1.29, 1.82) is 0 Å². The van der Waals surface area contributed by atoms with Crippen molar-refractivity contribution in [1.82, 2.24) is 0 Å². The quantitative estimate of drug-likeness (QED) is 0.465. The molecule has 1 aliphatic carbocycles. The van der Waals surface area contributed by atoms with Gasteiger partial charge in [0, 0.05) is 0 Å². The lowest BCUT2D eigenvalue weighted by molar-refractivity contribution is 1.10. The summed E-state index contributed by atoms with van der Waals surface area (Å²) in [7, 11) is 0. The van der Waals surface area contributed by atoms with Gasteiger partial charge in [-0.05, 0) is 24.0 Å². The molecule has 0 heterocycles. The van der Waals surface area contributed by atoms with Gasteiger partial charge in [0.25, 0.3) is 0 Å². The van der Waals surface area contributed by atoms with Crippen LogP contribution in [0.3, 0.4) is 0 Å². The van der Waals surface area contributed by atoms with Crippen LogP contribution < -0.4 is 0 Å². The van der Waals surface area contributed by atoms with Gasteiger partial charge in [-0.15, -0.1) is 0 Å². The lowest BCUT2D eigenvalue weighted by Gasteiger charge is -2.08. The van der Waals surface area contributed by atoms with Crippen LogP contribution in [0.4, 0.5) is 0 Å². The fraction of sp³-hybridized carbons (Fsp3) is 0.500. The molecular weight excluding hydrogens is 144 g/mol. The van der Waals surface area contributed by atoms with E-state index in [0.29, 0.717) is 0 Å². The van der Waals surface area contributed by atoms with Gasteiger partial charge in [-0.25, -0.2) is 0 Å². The molecule has 70 valence electrons. The molecule has 0 amide bonds. The molecule has 0 spiro atoms. The predicted molar refractivity (Wildman–Crippen MR) is 59.4 cm³/mol. The van der Waals surface area contributed by atoms with E-state index in [1.165, 1.54) is 11.1 Å². The summed E-state index contributed by atoms with van der Waals surface area (Å²) in [4.78, 5) is 0. The molecule has 0 unspecified atom stereocenters. The summed E-state index contributed by atoms with van der Waals surface area (Å²) >= 11 is 0. The second-order valence-electron chi connectivity index (χ2n) is 2.09. The number of hydrogen-bond acceptors (Lipinski definition) is 0. The lowest BCUT2D eigenvalue weighted by atomic mass is 9.98. The Morgan fingerprint density at radius 1 is 0.833 bits per heavy atom. The summed E-state index contributed by atoms with van der Waals surface area (Å²) < 4.78 is 0. The van der Waals surface area contributed by atoms with Gasteiger partial charge in [-0.1, -0.05) is 53.0 Å². The van der Waals surface area contributed by atoms with Crippen LogP contribution in [0.5, 0.6) is 0 Å². The molecule has 0 saturated carbocycles. The molecule has 0 heteroatoms. The lowest BCUT2D eigenvalue weighted by Crippen LogP contribution is -1.88. The van der Waals surface area contributed by atoms with Crippen molar-refractivity contribution in [2.24, 2.45) is 0 Å². The fourth-order valence-corrected chi connectivity index (χ4v) is 0.740. The second-order valence-corrected chi connectivity index (χ2v) is 2.09. The maximum absolute atomic E-state index is 3.84. The van der Waals surface area contributed by atoms with Crippen LogP contribution in [0.1, 0.15) is 40.5 Å². The smallest absolute Gasteiger partial charge is 0.0101 e. The first-order chi connectivity index (χ1) is 5.80. The van der Waals surface area contributed by atoms with Crippen LogP contribution in [0.2, 0.25) is 0 Å². The standard InChI is InChI=1S/C8H10.2C2H6/c1-7-5-3-4-6-8(7)2;2*1-2/h3-4H,1-2,5-6H2;2*1-2H3. The minimum Gasteiger partial charge on any atom is -0.0953 e. The van der Waals surface area contributed by atoms with E-state index in [0.717, 1.165) is 12.8 Å². The van der Waals surface area contributed by atoms with Crippen molar-refractivity contribution in [3.8, 4) is 0 Å². The monoisotopic (exact) mass is 166 g/mol. The summed E-state index contributed by atoms with van der Waals surface area (Å²) in [5.41, 5.74) is 2.38. The zero-order chi connectivity index (χ0) is 9.98. The normalized spacial score (nSPS) is 14.0. The Hall–Kier alpha value is -0.780. The Morgan fingerprint density at radius 2 is 1.08 bits per heavy atom. The third kappa shape index (κ3) is 5.96. The summed E-state index contributed by atoms with van der Waals surface area (Å²) in [5, 5.41) is 0. The third-order valence-electron chi connectivity index (χ3n) is 1.40. The molecule has 1 rings (SSSR count). The molecule has 0 radical (unpaired) electrons. The van der Waals surface area contributed by atoms with Crippen molar-refractivity contribution in [3.63, 3.8) is 0 Å². The van der Waals surface area contributed by atoms with Gasteiger partial charge < -0.3 is 0 Å². The Bertz CT molecular complexity index is 131. The van der Waals surface area contributed by atoms with Crippen molar-refractivity contribution >= 4 is 0 Å². The Labute approximate surface area is 77.7 Å². The van der Waals surface area contributed by atoms with Crippen molar-refractivity contribution in [2.75, 3.05) is 0 Å². The van der Waals surface area contributed by atoms with Crippen molar-refractivity contribution < 1.29 is 0 Å². The summed E-state index contributed by atoms with van der Waals surface area (Å²) in [6.07, 6.45) is 6.27. The molecule has 0 aromatic heterocycles. The van der Waals surface area contributed by atoms with Crippen molar-refractivity contribution in [2.45, 2.75) is 40.5 Å². The van der Waals surface area contributed by atoms with Gasteiger partial charge in [0.1, 0.15) is 0 Å². The average Bonchev–Trinajstić information content (AvgIpc) is 2.17. The Morgan fingerprint density at radius 3 is 1.25 bits per heavy atom. The molecule has 0 fully saturated rings. The largest absolute Gasteiger partial charge is 0.0953 e. The maximum atomic E-state index is 3.84. The SMILES string of the molecule is C=C1CC=CCC1=C.CC.CC. The molecule has 0 nitrogen and oxygen atoms in total. The van der Waals surface area contributed by atoms with Crippen LogP contribution >= 0.6 is 0 Å². The molecule has 0 aliphatic heterocycles. The molecule has 0 saturated heterocycles. The maximum Gasteiger partial charge on any atom is -0.0101 e. The van der Waals surface area contributed by atoms with Crippen LogP contribution in [-0.4, -0.2) is 0 Å². The van der Waals surface area contributed by atoms with E-state index in [-0.39, 0.29) is 0 Å². The van der Waals surface area contributed by atoms with E-state index in [1.54, 1.807) is 0 Å². The molecule has 1 aliphatic rings. The first-order valence-electron chi connectivity index (χ1n) is 4.81. The van der Waals surface area contributed by atoms with Gasteiger partial charge in [0.2, 0.25) is 0 Å². The van der Waals surface area contributed by atoms with Gasteiger partial charge >= 0.3 is 0 Å². The van der Waals surface area contributed by atoms with E-state index in [4.69, 9.17) is 0 Å². The van der Waals surface area contributed by atoms with Crippen LogP contribution in [-0.2, 0) is 0 Å². The highest BCUT2D eigenvalue weighted by molar-refractivity contribution is 5.32. The van der Waals surface area contributed by atoms with Crippen LogP contribution in [0.25, 0.3) is 0 Å². The third-order valence-corrected chi connectivity index (χ3v) is 1.40. The van der Waals surface area contributed by atoms with Gasteiger partial charge in [-0.3, -0.25) is 0 Å². The zero-order valence-corrected chi connectivity index (χ0v) is 8.98. The number of hydrogen-bond donors (Lipinski definition) is 0. The molecule has 0 bridgehead atoms. The average molecular weight is 166 g/mol. The van der Waals surface area contributed by atoms with Gasteiger partial charge in [0.15, 0.2) is 0 Å². The summed E-state index contributed by atoms with van der Waals surface area (Å²) in [6, 6.07) is 0. The molecule has 0 aromatic carbocycles. The van der Waals surface area contributed by atoms with E-state index >= 15 is 0 Å². The van der Waals surface area contributed by atoms with E-state index in [2.05, 4.69) is 25.3 Å². The number of rotatable bonds is 0. The highest BCUT2D eigenvalue weighted by Gasteiger charge is 1.99. The highest BCUT2D eigenvalue weighted by atomic mass is 14.0. The zero-order valence-electron chi connectivity index (χ0n) is 8.98. The van der Waals surface area contributed by atoms with E-state index in [1.807, 2.05) is 27.7 Å². The fourth-order valence-electron chi connectivity index (χ4n) is 0.740. The topological polar surface area (TPSA) is 0 Å². The second kappa shape index (κ2) is 10.2. The van der Waals surface area contributed by atoms with Gasteiger partial charge in [0.05, 0.1) is 0 Å². The first kappa shape index (κ1) is 13.8.